The van der Waals surface area contributed by atoms with Crippen molar-refractivity contribution < 1.29 is 4.79 Å². The fraction of sp³-hybridized carbons (Fsp3) is 0.455. The molecule has 82 valence electrons. The summed E-state index contributed by atoms with van der Waals surface area (Å²) in [6.45, 7) is 5.89. The minimum atomic E-state index is -0.161. The van der Waals surface area contributed by atoms with Crippen molar-refractivity contribution >= 4 is 27.5 Å². The SMILES string of the molecule is Cc1cc(NC(=O)C(Br)C(C)C)ccn1. The Morgan fingerprint density at radius 2 is 2.20 bits per heavy atom. The topological polar surface area (TPSA) is 42.0 Å². The van der Waals surface area contributed by atoms with Gasteiger partial charge in [0.1, 0.15) is 0 Å². The summed E-state index contributed by atoms with van der Waals surface area (Å²) < 4.78 is 0. The highest BCUT2D eigenvalue weighted by Crippen LogP contribution is 2.15. The molecular weight excluding hydrogens is 256 g/mol. The summed E-state index contributed by atoms with van der Waals surface area (Å²) >= 11 is 3.36. The Morgan fingerprint density at radius 3 is 2.73 bits per heavy atom. The van der Waals surface area contributed by atoms with E-state index in [1.807, 2.05) is 26.8 Å². The maximum Gasteiger partial charge on any atom is 0.238 e. The van der Waals surface area contributed by atoms with Crippen LogP contribution < -0.4 is 5.32 Å². The number of alkyl halides is 1. The van der Waals surface area contributed by atoms with Crippen molar-refractivity contribution in [1.82, 2.24) is 4.98 Å². The van der Waals surface area contributed by atoms with E-state index in [1.165, 1.54) is 0 Å². The number of aromatic nitrogens is 1. The highest BCUT2D eigenvalue weighted by atomic mass is 79.9. The molecule has 0 aliphatic rings. The van der Waals surface area contributed by atoms with Crippen LogP contribution in [0.4, 0.5) is 5.69 Å². The molecule has 1 atom stereocenters. The van der Waals surface area contributed by atoms with E-state index in [9.17, 15) is 4.79 Å². The van der Waals surface area contributed by atoms with Crippen LogP contribution >= 0.6 is 15.9 Å². The van der Waals surface area contributed by atoms with Gasteiger partial charge >= 0.3 is 0 Å². The van der Waals surface area contributed by atoms with E-state index < -0.39 is 0 Å². The van der Waals surface area contributed by atoms with Crippen molar-refractivity contribution in [2.24, 2.45) is 5.92 Å². The van der Waals surface area contributed by atoms with Crippen LogP contribution in [0.1, 0.15) is 19.5 Å². The molecule has 0 aliphatic carbocycles. The van der Waals surface area contributed by atoms with Gasteiger partial charge in [0, 0.05) is 17.6 Å². The van der Waals surface area contributed by atoms with Crippen molar-refractivity contribution in [2.45, 2.75) is 25.6 Å². The number of nitrogens with one attached hydrogen (secondary N) is 1. The quantitative estimate of drug-likeness (QED) is 0.859. The van der Waals surface area contributed by atoms with Gasteiger partial charge in [-0.2, -0.15) is 0 Å². The van der Waals surface area contributed by atoms with Gasteiger partial charge in [-0.05, 0) is 25.0 Å². The summed E-state index contributed by atoms with van der Waals surface area (Å²) in [5.41, 5.74) is 1.68. The number of nitrogens with zero attached hydrogens (tertiary/aromatic N) is 1. The van der Waals surface area contributed by atoms with Gasteiger partial charge in [-0.25, -0.2) is 0 Å². The lowest BCUT2D eigenvalue weighted by Gasteiger charge is -2.13. The molecule has 0 bridgehead atoms. The Bertz CT molecular complexity index is 352. The third kappa shape index (κ3) is 3.63. The number of hydrogen-bond acceptors (Lipinski definition) is 2. The van der Waals surface area contributed by atoms with Crippen LogP contribution in [0.3, 0.4) is 0 Å². The number of rotatable bonds is 3. The molecule has 15 heavy (non-hydrogen) atoms. The number of hydrogen-bond donors (Lipinski definition) is 1. The second-order valence-electron chi connectivity index (χ2n) is 3.82. The van der Waals surface area contributed by atoms with E-state index in [0.29, 0.717) is 0 Å². The summed E-state index contributed by atoms with van der Waals surface area (Å²) in [5.74, 6) is 0.253. The number of carbonyl (C=O) groups is 1. The smallest absolute Gasteiger partial charge is 0.238 e. The summed E-state index contributed by atoms with van der Waals surface area (Å²) in [6, 6.07) is 3.63. The Balaban J connectivity index is 2.66. The van der Waals surface area contributed by atoms with E-state index >= 15 is 0 Å². The molecule has 0 fully saturated rings. The van der Waals surface area contributed by atoms with Gasteiger partial charge in [-0.1, -0.05) is 29.8 Å². The lowest BCUT2D eigenvalue weighted by Crippen LogP contribution is -2.27. The Labute approximate surface area is 98.4 Å². The van der Waals surface area contributed by atoms with Crippen molar-refractivity contribution in [3.8, 4) is 0 Å². The van der Waals surface area contributed by atoms with E-state index in [0.717, 1.165) is 11.4 Å². The first kappa shape index (κ1) is 12.2. The summed E-state index contributed by atoms with van der Waals surface area (Å²) in [6.07, 6.45) is 1.68. The number of amides is 1. The monoisotopic (exact) mass is 270 g/mol. The van der Waals surface area contributed by atoms with Gasteiger partial charge in [0.15, 0.2) is 0 Å². The predicted molar refractivity (Wildman–Crippen MR) is 65.2 cm³/mol. The molecule has 4 heteroatoms. The second kappa shape index (κ2) is 5.26. The van der Waals surface area contributed by atoms with Gasteiger partial charge in [-0.3, -0.25) is 9.78 Å². The van der Waals surface area contributed by atoms with Gasteiger partial charge in [-0.15, -0.1) is 0 Å². The zero-order valence-corrected chi connectivity index (χ0v) is 10.7. The summed E-state index contributed by atoms with van der Waals surface area (Å²) in [7, 11) is 0. The minimum Gasteiger partial charge on any atom is -0.325 e. The average molecular weight is 271 g/mol. The molecule has 1 rings (SSSR count). The van der Waals surface area contributed by atoms with Crippen molar-refractivity contribution in [2.75, 3.05) is 5.32 Å². The first-order valence-electron chi connectivity index (χ1n) is 4.88. The highest BCUT2D eigenvalue weighted by Gasteiger charge is 2.18. The normalized spacial score (nSPS) is 12.6. The molecule has 1 heterocycles. The van der Waals surface area contributed by atoms with Crippen LogP contribution in [-0.2, 0) is 4.79 Å². The summed E-state index contributed by atoms with van der Waals surface area (Å²) in [4.78, 5) is 15.6. The number of aryl methyl sites for hydroxylation is 1. The molecule has 0 saturated heterocycles. The Kier molecular flexibility index (Phi) is 4.27. The molecule has 0 radical (unpaired) electrons. The van der Waals surface area contributed by atoms with Crippen molar-refractivity contribution in [3.05, 3.63) is 24.0 Å². The standard InChI is InChI=1S/C11H15BrN2O/c1-7(2)10(12)11(15)14-9-4-5-13-8(3)6-9/h4-7,10H,1-3H3,(H,13,14,15). The third-order valence-electron chi connectivity index (χ3n) is 2.00. The highest BCUT2D eigenvalue weighted by molar-refractivity contribution is 9.10. The zero-order valence-electron chi connectivity index (χ0n) is 9.12. The first-order valence-corrected chi connectivity index (χ1v) is 5.80. The zero-order chi connectivity index (χ0) is 11.4. The molecule has 0 aromatic carbocycles. The molecule has 0 aliphatic heterocycles. The molecule has 0 saturated carbocycles. The van der Waals surface area contributed by atoms with Crippen LogP contribution in [0.25, 0.3) is 0 Å². The maximum atomic E-state index is 11.7. The van der Waals surface area contributed by atoms with Crippen LogP contribution in [-0.4, -0.2) is 15.7 Å². The molecule has 0 spiro atoms. The van der Waals surface area contributed by atoms with E-state index in [2.05, 4.69) is 26.2 Å². The lowest BCUT2D eigenvalue weighted by molar-refractivity contribution is -0.116. The molecule has 1 aromatic heterocycles. The number of anilines is 1. The third-order valence-corrected chi connectivity index (χ3v) is 3.47. The molecule has 1 aromatic rings. The van der Waals surface area contributed by atoms with Gasteiger partial charge in [0.2, 0.25) is 5.91 Å². The van der Waals surface area contributed by atoms with Gasteiger partial charge < -0.3 is 5.32 Å². The fourth-order valence-corrected chi connectivity index (χ4v) is 1.25. The molecule has 3 nitrogen and oxygen atoms in total. The van der Waals surface area contributed by atoms with Gasteiger partial charge in [0.25, 0.3) is 0 Å². The molecule has 1 unspecified atom stereocenters. The number of carbonyl (C=O) groups excluding carboxylic acids is 1. The second-order valence-corrected chi connectivity index (χ2v) is 4.81. The average Bonchev–Trinajstić information content (AvgIpc) is 2.16. The predicted octanol–water partition coefficient (Wildman–Crippen LogP) is 2.75. The van der Waals surface area contributed by atoms with Crippen LogP contribution in [0.2, 0.25) is 0 Å². The Hall–Kier alpha value is -0.900. The van der Waals surface area contributed by atoms with E-state index in [-0.39, 0.29) is 16.7 Å². The summed E-state index contributed by atoms with van der Waals surface area (Å²) in [5, 5.41) is 2.84. The van der Waals surface area contributed by atoms with Crippen LogP contribution in [0.5, 0.6) is 0 Å². The fourth-order valence-electron chi connectivity index (χ4n) is 1.14. The number of halogens is 1. The van der Waals surface area contributed by atoms with Crippen molar-refractivity contribution in [3.63, 3.8) is 0 Å². The lowest BCUT2D eigenvalue weighted by atomic mass is 10.1. The molecule has 1 N–H and O–H groups in total. The minimum absolute atomic E-state index is 0.0180. The van der Waals surface area contributed by atoms with E-state index in [1.54, 1.807) is 12.3 Å². The maximum absolute atomic E-state index is 11.7. The van der Waals surface area contributed by atoms with Crippen LogP contribution in [0.15, 0.2) is 18.3 Å². The van der Waals surface area contributed by atoms with Crippen molar-refractivity contribution in [1.29, 1.82) is 0 Å². The Morgan fingerprint density at radius 1 is 1.53 bits per heavy atom. The number of pyridine rings is 1. The molecule has 1 amide bonds. The first-order chi connectivity index (χ1) is 7.00. The van der Waals surface area contributed by atoms with E-state index in [4.69, 9.17) is 0 Å². The molecular formula is C11H15BrN2O. The largest absolute Gasteiger partial charge is 0.325 e. The van der Waals surface area contributed by atoms with Gasteiger partial charge in [0.05, 0.1) is 4.83 Å². The van der Waals surface area contributed by atoms with Crippen LogP contribution in [0, 0.1) is 12.8 Å².